The van der Waals surface area contributed by atoms with E-state index in [0.29, 0.717) is 6.04 Å². The van der Waals surface area contributed by atoms with Crippen molar-refractivity contribution in [2.75, 3.05) is 6.54 Å². The lowest BCUT2D eigenvalue weighted by Crippen LogP contribution is -2.35. The third-order valence-corrected chi connectivity index (χ3v) is 2.72. The van der Waals surface area contributed by atoms with Crippen molar-refractivity contribution < 1.29 is 14.7 Å². The zero-order valence-electron chi connectivity index (χ0n) is 8.53. The Morgan fingerprint density at radius 2 is 2.14 bits per heavy atom. The number of carboxylic acid groups (broad SMARTS) is 1. The minimum atomic E-state index is -0.898. The lowest BCUT2D eigenvalue weighted by atomic mass is 10.1. The number of nitrogens with zero attached hydrogens (tertiary/aromatic N) is 1. The number of likely N-dealkylation sites (tertiary alicyclic amines) is 1. The first-order valence-electron chi connectivity index (χ1n) is 5.16. The van der Waals surface area contributed by atoms with Gasteiger partial charge in [0.2, 0.25) is 5.91 Å². The average Bonchev–Trinajstić information content (AvgIpc) is 2.61. The first kappa shape index (κ1) is 11.0. The van der Waals surface area contributed by atoms with Crippen LogP contribution < -0.4 is 0 Å². The molecule has 80 valence electrons. The standard InChI is InChI=1S/C10H17NO3/c1-2-8-4-3-7-11(8)9(12)5-6-10(13)14/h8H,2-7H2,1H3,(H,13,14). The molecule has 1 N–H and O–H groups in total. The highest BCUT2D eigenvalue weighted by molar-refractivity contribution is 5.81. The molecular weight excluding hydrogens is 182 g/mol. The predicted molar refractivity (Wildman–Crippen MR) is 51.9 cm³/mol. The lowest BCUT2D eigenvalue weighted by Gasteiger charge is -2.23. The van der Waals surface area contributed by atoms with E-state index in [2.05, 4.69) is 6.92 Å². The molecule has 0 aromatic carbocycles. The van der Waals surface area contributed by atoms with Gasteiger partial charge in [0.25, 0.3) is 0 Å². The van der Waals surface area contributed by atoms with Crippen molar-refractivity contribution >= 4 is 11.9 Å². The molecule has 1 unspecified atom stereocenters. The fraction of sp³-hybridized carbons (Fsp3) is 0.800. The van der Waals surface area contributed by atoms with E-state index in [0.717, 1.165) is 25.8 Å². The second kappa shape index (κ2) is 4.98. The van der Waals surface area contributed by atoms with Gasteiger partial charge in [0.05, 0.1) is 6.42 Å². The van der Waals surface area contributed by atoms with Gasteiger partial charge in [-0.1, -0.05) is 6.92 Å². The van der Waals surface area contributed by atoms with Gasteiger partial charge in [-0.15, -0.1) is 0 Å². The summed E-state index contributed by atoms with van der Waals surface area (Å²) in [5.41, 5.74) is 0. The SMILES string of the molecule is CCC1CCCN1C(=O)CCC(=O)O. The number of amides is 1. The molecule has 0 aromatic heterocycles. The average molecular weight is 199 g/mol. The second-order valence-electron chi connectivity index (χ2n) is 3.69. The summed E-state index contributed by atoms with van der Waals surface area (Å²) in [7, 11) is 0. The van der Waals surface area contributed by atoms with Gasteiger partial charge in [-0.05, 0) is 19.3 Å². The Balaban J connectivity index is 2.39. The number of rotatable bonds is 4. The van der Waals surface area contributed by atoms with Gasteiger partial charge in [-0.25, -0.2) is 0 Å². The van der Waals surface area contributed by atoms with Crippen LogP contribution >= 0.6 is 0 Å². The van der Waals surface area contributed by atoms with Crippen LogP contribution in [-0.4, -0.2) is 34.5 Å². The number of aliphatic carboxylic acids is 1. The van der Waals surface area contributed by atoms with Gasteiger partial charge < -0.3 is 10.0 Å². The summed E-state index contributed by atoms with van der Waals surface area (Å²) in [5, 5.41) is 8.46. The monoisotopic (exact) mass is 199 g/mol. The maximum Gasteiger partial charge on any atom is 0.303 e. The van der Waals surface area contributed by atoms with Crippen LogP contribution in [0.1, 0.15) is 39.0 Å². The highest BCUT2D eigenvalue weighted by atomic mass is 16.4. The van der Waals surface area contributed by atoms with Crippen molar-refractivity contribution in [3.05, 3.63) is 0 Å². The van der Waals surface area contributed by atoms with Crippen molar-refractivity contribution in [3.63, 3.8) is 0 Å². The Morgan fingerprint density at radius 1 is 1.43 bits per heavy atom. The van der Waals surface area contributed by atoms with Gasteiger partial charge in [0.15, 0.2) is 0 Å². The van der Waals surface area contributed by atoms with E-state index in [1.54, 1.807) is 0 Å². The molecule has 0 saturated carbocycles. The van der Waals surface area contributed by atoms with E-state index in [9.17, 15) is 9.59 Å². The van der Waals surface area contributed by atoms with Crippen molar-refractivity contribution in [1.29, 1.82) is 0 Å². The molecule has 0 aliphatic carbocycles. The van der Waals surface area contributed by atoms with Crippen molar-refractivity contribution in [2.45, 2.75) is 45.1 Å². The molecular formula is C10H17NO3. The van der Waals surface area contributed by atoms with Crippen LogP contribution in [0.25, 0.3) is 0 Å². The first-order valence-corrected chi connectivity index (χ1v) is 5.16. The molecule has 4 nitrogen and oxygen atoms in total. The summed E-state index contributed by atoms with van der Waals surface area (Å²) in [6, 6.07) is 0.344. The molecule has 14 heavy (non-hydrogen) atoms. The number of carbonyl (C=O) groups is 2. The molecule has 4 heteroatoms. The molecule has 1 rings (SSSR count). The van der Waals surface area contributed by atoms with Crippen LogP contribution in [0.3, 0.4) is 0 Å². The molecule has 1 fully saturated rings. The molecule has 1 aliphatic heterocycles. The van der Waals surface area contributed by atoms with Crippen LogP contribution in [0.4, 0.5) is 0 Å². The molecule has 1 amide bonds. The first-order chi connectivity index (χ1) is 6.65. The van der Waals surface area contributed by atoms with Gasteiger partial charge in [0.1, 0.15) is 0 Å². The summed E-state index contributed by atoms with van der Waals surface area (Å²) in [5.74, 6) is -0.901. The molecule has 1 saturated heterocycles. The smallest absolute Gasteiger partial charge is 0.303 e. The lowest BCUT2D eigenvalue weighted by molar-refractivity contribution is -0.141. The van der Waals surface area contributed by atoms with E-state index in [-0.39, 0.29) is 18.7 Å². The van der Waals surface area contributed by atoms with Crippen molar-refractivity contribution in [1.82, 2.24) is 4.90 Å². The fourth-order valence-corrected chi connectivity index (χ4v) is 1.95. The Bertz CT molecular complexity index is 227. The second-order valence-corrected chi connectivity index (χ2v) is 3.69. The number of hydrogen-bond donors (Lipinski definition) is 1. The van der Waals surface area contributed by atoms with Crippen LogP contribution in [0.15, 0.2) is 0 Å². The Kier molecular flexibility index (Phi) is 3.92. The van der Waals surface area contributed by atoms with Crippen LogP contribution in [0.5, 0.6) is 0 Å². The predicted octanol–water partition coefficient (Wildman–Crippen LogP) is 1.25. The van der Waals surface area contributed by atoms with E-state index < -0.39 is 5.97 Å². The maximum absolute atomic E-state index is 11.6. The summed E-state index contributed by atoms with van der Waals surface area (Å²) in [6.07, 6.45) is 3.18. The van der Waals surface area contributed by atoms with E-state index in [4.69, 9.17) is 5.11 Å². The van der Waals surface area contributed by atoms with Gasteiger partial charge >= 0.3 is 5.97 Å². The number of carbonyl (C=O) groups excluding carboxylic acids is 1. The summed E-state index contributed by atoms with van der Waals surface area (Å²) in [4.78, 5) is 23.7. The summed E-state index contributed by atoms with van der Waals surface area (Å²) in [6.45, 7) is 2.87. The van der Waals surface area contributed by atoms with Gasteiger partial charge in [0, 0.05) is 19.0 Å². The maximum atomic E-state index is 11.6. The highest BCUT2D eigenvalue weighted by Crippen LogP contribution is 2.20. The minimum Gasteiger partial charge on any atom is -0.481 e. The Labute approximate surface area is 83.9 Å². The summed E-state index contributed by atoms with van der Waals surface area (Å²) >= 11 is 0. The molecule has 0 spiro atoms. The Hall–Kier alpha value is -1.06. The van der Waals surface area contributed by atoms with Crippen LogP contribution in [0, 0.1) is 0 Å². The molecule has 1 aliphatic rings. The van der Waals surface area contributed by atoms with Gasteiger partial charge in [-0.2, -0.15) is 0 Å². The van der Waals surface area contributed by atoms with E-state index in [1.165, 1.54) is 0 Å². The van der Waals surface area contributed by atoms with Crippen LogP contribution in [-0.2, 0) is 9.59 Å². The number of carboxylic acids is 1. The molecule has 1 heterocycles. The minimum absolute atomic E-state index is 0.00301. The quantitative estimate of drug-likeness (QED) is 0.741. The van der Waals surface area contributed by atoms with Crippen molar-refractivity contribution in [3.8, 4) is 0 Å². The number of hydrogen-bond acceptors (Lipinski definition) is 2. The van der Waals surface area contributed by atoms with Crippen LogP contribution in [0.2, 0.25) is 0 Å². The fourth-order valence-electron chi connectivity index (χ4n) is 1.95. The van der Waals surface area contributed by atoms with E-state index in [1.807, 2.05) is 4.90 Å². The normalized spacial score (nSPS) is 21.2. The van der Waals surface area contributed by atoms with Crippen molar-refractivity contribution in [2.24, 2.45) is 0 Å². The topological polar surface area (TPSA) is 57.6 Å². The zero-order chi connectivity index (χ0) is 10.6. The molecule has 1 atom stereocenters. The molecule has 0 bridgehead atoms. The van der Waals surface area contributed by atoms with Gasteiger partial charge in [-0.3, -0.25) is 9.59 Å². The largest absolute Gasteiger partial charge is 0.481 e. The summed E-state index contributed by atoms with van der Waals surface area (Å²) < 4.78 is 0. The zero-order valence-corrected chi connectivity index (χ0v) is 8.53. The molecule has 0 aromatic rings. The Morgan fingerprint density at radius 3 is 2.71 bits per heavy atom. The van der Waals surface area contributed by atoms with E-state index >= 15 is 0 Å². The third-order valence-electron chi connectivity index (χ3n) is 2.72. The third kappa shape index (κ3) is 2.72. The molecule has 0 radical (unpaired) electrons. The highest BCUT2D eigenvalue weighted by Gasteiger charge is 2.26.